The van der Waals surface area contributed by atoms with Crippen molar-refractivity contribution in [1.82, 2.24) is 14.9 Å². The number of nitrogens with zero attached hydrogens (tertiary/aromatic N) is 2. The van der Waals surface area contributed by atoms with E-state index in [2.05, 4.69) is 17.2 Å². The monoisotopic (exact) mass is 223 g/mol. The van der Waals surface area contributed by atoms with Crippen LogP contribution in [0.1, 0.15) is 26.2 Å². The fraction of sp³-hybridized carbons (Fsp3) is 0.750. The normalized spacial score (nSPS) is 20.9. The largest absolute Gasteiger partial charge is 0.465 e. The Balaban J connectivity index is 1.71. The van der Waals surface area contributed by atoms with Crippen molar-refractivity contribution >= 4 is 0 Å². The number of imidazole rings is 1. The number of rotatable bonds is 5. The fourth-order valence-electron chi connectivity index (χ4n) is 2.16. The molecule has 90 valence electrons. The van der Waals surface area contributed by atoms with Crippen LogP contribution in [0.2, 0.25) is 0 Å². The van der Waals surface area contributed by atoms with Gasteiger partial charge in [-0.2, -0.15) is 0 Å². The summed E-state index contributed by atoms with van der Waals surface area (Å²) >= 11 is 0. The van der Waals surface area contributed by atoms with E-state index in [1.165, 1.54) is 19.4 Å². The van der Waals surface area contributed by atoms with E-state index in [4.69, 9.17) is 4.74 Å². The molecule has 0 radical (unpaired) electrons. The number of hydrogen-bond acceptors (Lipinski definition) is 3. The van der Waals surface area contributed by atoms with Crippen LogP contribution in [0.4, 0.5) is 0 Å². The highest BCUT2D eigenvalue weighted by Crippen LogP contribution is 2.15. The first kappa shape index (κ1) is 11.5. The zero-order valence-corrected chi connectivity index (χ0v) is 9.98. The second-order valence-electron chi connectivity index (χ2n) is 4.35. The van der Waals surface area contributed by atoms with Gasteiger partial charge >= 0.3 is 0 Å². The van der Waals surface area contributed by atoms with Gasteiger partial charge in [-0.05, 0) is 45.2 Å². The highest BCUT2D eigenvalue weighted by atomic mass is 16.5. The van der Waals surface area contributed by atoms with Crippen molar-refractivity contribution in [3.63, 3.8) is 0 Å². The van der Waals surface area contributed by atoms with Gasteiger partial charge in [0.05, 0.1) is 6.61 Å². The van der Waals surface area contributed by atoms with Crippen LogP contribution in [0.15, 0.2) is 12.4 Å². The third kappa shape index (κ3) is 2.98. The Morgan fingerprint density at radius 3 is 3.31 bits per heavy atom. The van der Waals surface area contributed by atoms with Crippen LogP contribution in [-0.2, 0) is 6.54 Å². The molecule has 1 aliphatic heterocycles. The van der Waals surface area contributed by atoms with E-state index in [-0.39, 0.29) is 0 Å². The minimum absolute atomic E-state index is 0.756. The maximum Gasteiger partial charge on any atom is 0.296 e. The van der Waals surface area contributed by atoms with Crippen LogP contribution in [-0.4, -0.2) is 29.2 Å². The van der Waals surface area contributed by atoms with Crippen LogP contribution < -0.4 is 10.1 Å². The molecule has 2 heterocycles. The van der Waals surface area contributed by atoms with Crippen LogP contribution in [0.3, 0.4) is 0 Å². The minimum atomic E-state index is 0.756. The molecule has 4 heteroatoms. The number of aryl methyl sites for hydroxylation is 1. The predicted molar refractivity (Wildman–Crippen MR) is 63.6 cm³/mol. The zero-order valence-electron chi connectivity index (χ0n) is 9.98. The van der Waals surface area contributed by atoms with Crippen molar-refractivity contribution in [3.8, 4) is 6.01 Å². The molecule has 1 aromatic rings. The molecule has 1 aromatic heterocycles. The first-order valence-electron chi connectivity index (χ1n) is 6.24. The quantitative estimate of drug-likeness (QED) is 0.825. The third-order valence-corrected chi connectivity index (χ3v) is 3.17. The SMILES string of the molecule is CCn1ccnc1OCCC1CCCNC1. The van der Waals surface area contributed by atoms with Gasteiger partial charge in [0.1, 0.15) is 0 Å². The second-order valence-corrected chi connectivity index (χ2v) is 4.35. The summed E-state index contributed by atoms with van der Waals surface area (Å²) in [5.74, 6) is 0.777. The van der Waals surface area contributed by atoms with Gasteiger partial charge in [-0.3, -0.25) is 0 Å². The Morgan fingerprint density at radius 2 is 2.56 bits per heavy atom. The van der Waals surface area contributed by atoms with E-state index in [0.717, 1.165) is 38.0 Å². The van der Waals surface area contributed by atoms with Gasteiger partial charge < -0.3 is 14.6 Å². The molecule has 2 rings (SSSR count). The van der Waals surface area contributed by atoms with Gasteiger partial charge in [0.25, 0.3) is 6.01 Å². The Kier molecular flexibility index (Phi) is 4.22. The molecule has 4 nitrogen and oxygen atoms in total. The van der Waals surface area contributed by atoms with E-state index < -0.39 is 0 Å². The lowest BCUT2D eigenvalue weighted by Gasteiger charge is -2.22. The summed E-state index contributed by atoms with van der Waals surface area (Å²) in [6.07, 6.45) is 7.51. The highest BCUT2D eigenvalue weighted by Gasteiger charge is 2.13. The van der Waals surface area contributed by atoms with E-state index in [1.807, 2.05) is 10.8 Å². The van der Waals surface area contributed by atoms with E-state index in [1.54, 1.807) is 6.20 Å². The zero-order chi connectivity index (χ0) is 11.2. The van der Waals surface area contributed by atoms with Gasteiger partial charge in [0, 0.05) is 18.9 Å². The van der Waals surface area contributed by atoms with E-state index in [9.17, 15) is 0 Å². The molecule has 1 unspecified atom stereocenters. The highest BCUT2D eigenvalue weighted by molar-refractivity contribution is 4.97. The summed E-state index contributed by atoms with van der Waals surface area (Å²) in [6.45, 7) is 6.12. The van der Waals surface area contributed by atoms with Crippen LogP contribution in [0.25, 0.3) is 0 Å². The molecule has 1 saturated heterocycles. The van der Waals surface area contributed by atoms with Gasteiger partial charge in [-0.25, -0.2) is 4.98 Å². The summed E-state index contributed by atoms with van der Waals surface area (Å²) in [5.41, 5.74) is 0. The molecule has 1 N–H and O–H groups in total. The first-order valence-corrected chi connectivity index (χ1v) is 6.24. The number of nitrogens with one attached hydrogen (secondary N) is 1. The lowest BCUT2D eigenvalue weighted by atomic mass is 9.97. The van der Waals surface area contributed by atoms with Crippen LogP contribution in [0.5, 0.6) is 6.01 Å². The Labute approximate surface area is 97.0 Å². The number of ether oxygens (including phenoxy) is 1. The average Bonchev–Trinajstić information content (AvgIpc) is 2.78. The molecule has 0 amide bonds. The molecule has 1 atom stereocenters. The predicted octanol–water partition coefficient (Wildman–Crippen LogP) is 1.67. The summed E-state index contributed by atoms with van der Waals surface area (Å²) in [5, 5.41) is 3.42. The van der Waals surface area contributed by atoms with Crippen molar-refractivity contribution in [2.45, 2.75) is 32.7 Å². The van der Waals surface area contributed by atoms with Gasteiger partial charge in [-0.15, -0.1) is 0 Å². The van der Waals surface area contributed by atoms with Gasteiger partial charge in [0.15, 0.2) is 0 Å². The number of aromatic nitrogens is 2. The Hall–Kier alpha value is -1.03. The fourth-order valence-corrected chi connectivity index (χ4v) is 2.16. The van der Waals surface area contributed by atoms with Crippen molar-refractivity contribution in [2.24, 2.45) is 5.92 Å². The molecule has 16 heavy (non-hydrogen) atoms. The molecule has 1 fully saturated rings. The van der Waals surface area contributed by atoms with Crippen molar-refractivity contribution in [2.75, 3.05) is 19.7 Å². The summed E-state index contributed by atoms with van der Waals surface area (Å²) in [6, 6.07) is 0.756. The minimum Gasteiger partial charge on any atom is -0.465 e. The topological polar surface area (TPSA) is 39.1 Å². The molecule has 0 saturated carbocycles. The van der Waals surface area contributed by atoms with Crippen molar-refractivity contribution in [3.05, 3.63) is 12.4 Å². The average molecular weight is 223 g/mol. The van der Waals surface area contributed by atoms with Crippen molar-refractivity contribution in [1.29, 1.82) is 0 Å². The first-order chi connectivity index (χ1) is 7.90. The van der Waals surface area contributed by atoms with Crippen molar-refractivity contribution < 1.29 is 4.74 Å². The molecule has 0 aliphatic carbocycles. The summed E-state index contributed by atoms with van der Waals surface area (Å²) in [7, 11) is 0. The van der Waals surface area contributed by atoms with E-state index >= 15 is 0 Å². The second kappa shape index (κ2) is 5.89. The molecule has 0 bridgehead atoms. The Morgan fingerprint density at radius 1 is 1.62 bits per heavy atom. The molecular weight excluding hydrogens is 202 g/mol. The summed E-state index contributed by atoms with van der Waals surface area (Å²) < 4.78 is 7.72. The molecule has 1 aliphatic rings. The third-order valence-electron chi connectivity index (χ3n) is 3.17. The van der Waals surface area contributed by atoms with Gasteiger partial charge in [-0.1, -0.05) is 0 Å². The smallest absolute Gasteiger partial charge is 0.296 e. The lowest BCUT2D eigenvalue weighted by molar-refractivity contribution is 0.232. The number of piperidine rings is 1. The maximum atomic E-state index is 5.69. The standard InChI is InChI=1S/C12H21N3O/c1-2-15-8-7-14-12(15)16-9-5-11-4-3-6-13-10-11/h7-8,11,13H,2-6,9-10H2,1H3. The lowest BCUT2D eigenvalue weighted by Crippen LogP contribution is -2.30. The summed E-state index contributed by atoms with van der Waals surface area (Å²) in [4.78, 5) is 4.19. The molecule has 0 spiro atoms. The van der Waals surface area contributed by atoms with Crippen LogP contribution >= 0.6 is 0 Å². The molecule has 0 aromatic carbocycles. The van der Waals surface area contributed by atoms with E-state index in [0.29, 0.717) is 0 Å². The Bertz CT molecular complexity index is 305. The van der Waals surface area contributed by atoms with Gasteiger partial charge in [0.2, 0.25) is 0 Å². The maximum absolute atomic E-state index is 5.69. The molecular formula is C12H21N3O. The van der Waals surface area contributed by atoms with Crippen LogP contribution in [0, 0.1) is 5.92 Å². The number of hydrogen-bond donors (Lipinski definition) is 1.